The molecule has 0 bridgehead atoms. The number of hydrogen-bond donors (Lipinski definition) is 2. The second kappa shape index (κ2) is 9.34. The minimum atomic E-state index is -0.909. The van der Waals surface area contributed by atoms with Gasteiger partial charge in [0, 0.05) is 0 Å². The largest absolute Gasteiger partial charge is 0.457 e. The molecule has 0 atom stereocenters. The molecule has 6 nitrogen and oxygen atoms in total. The quantitative estimate of drug-likeness (QED) is 0.387. The van der Waals surface area contributed by atoms with Crippen LogP contribution in [0.25, 0.3) is 0 Å². The third kappa shape index (κ3) is 5.43. The third-order valence-electron chi connectivity index (χ3n) is 3.55. The zero-order chi connectivity index (χ0) is 19.8. The van der Waals surface area contributed by atoms with Gasteiger partial charge in [-0.3, -0.25) is 9.59 Å². The SMILES string of the molecule is O=C(N/N=C/c1cccc(Oc2ccccc2)c1)C(=O)Nc1ccccc1Cl. The number of hydrazone groups is 1. The number of carbonyl (C=O) groups is 2. The van der Waals surface area contributed by atoms with E-state index in [0.29, 0.717) is 27.8 Å². The fourth-order valence-electron chi connectivity index (χ4n) is 2.24. The molecule has 3 rings (SSSR count). The summed E-state index contributed by atoms with van der Waals surface area (Å²) in [5.41, 5.74) is 3.22. The number of nitrogens with zero attached hydrogens (tertiary/aromatic N) is 1. The maximum absolute atomic E-state index is 11.9. The molecule has 140 valence electrons. The Hall–Kier alpha value is -3.64. The molecule has 0 aromatic heterocycles. The number of nitrogens with one attached hydrogen (secondary N) is 2. The van der Waals surface area contributed by atoms with Crippen molar-refractivity contribution in [1.29, 1.82) is 0 Å². The lowest BCUT2D eigenvalue weighted by atomic mass is 10.2. The van der Waals surface area contributed by atoms with Crippen molar-refractivity contribution < 1.29 is 14.3 Å². The molecule has 0 saturated carbocycles. The van der Waals surface area contributed by atoms with E-state index in [1.165, 1.54) is 6.21 Å². The fourth-order valence-corrected chi connectivity index (χ4v) is 2.42. The molecular formula is C21H16ClN3O3. The number of halogens is 1. The lowest BCUT2D eigenvalue weighted by molar-refractivity contribution is -0.136. The second-order valence-electron chi connectivity index (χ2n) is 5.62. The van der Waals surface area contributed by atoms with Crippen molar-refractivity contribution in [1.82, 2.24) is 5.43 Å². The zero-order valence-corrected chi connectivity index (χ0v) is 15.4. The Morgan fingerprint density at radius 3 is 2.36 bits per heavy atom. The first-order valence-corrected chi connectivity index (χ1v) is 8.71. The van der Waals surface area contributed by atoms with Crippen LogP contribution >= 0.6 is 11.6 Å². The average Bonchev–Trinajstić information content (AvgIpc) is 2.70. The van der Waals surface area contributed by atoms with Crippen LogP contribution in [0.5, 0.6) is 11.5 Å². The molecule has 0 saturated heterocycles. The van der Waals surface area contributed by atoms with Crippen molar-refractivity contribution >= 4 is 35.3 Å². The minimum absolute atomic E-state index is 0.336. The molecule has 7 heteroatoms. The van der Waals surface area contributed by atoms with E-state index in [1.54, 1.807) is 48.5 Å². The Morgan fingerprint density at radius 2 is 1.57 bits per heavy atom. The fraction of sp³-hybridized carbons (Fsp3) is 0. The lowest BCUT2D eigenvalue weighted by Gasteiger charge is -2.06. The predicted octanol–water partition coefficient (Wildman–Crippen LogP) is 4.22. The number of anilines is 1. The van der Waals surface area contributed by atoms with Gasteiger partial charge in [0.2, 0.25) is 0 Å². The summed E-state index contributed by atoms with van der Waals surface area (Å²) in [6.45, 7) is 0. The van der Waals surface area contributed by atoms with E-state index in [1.807, 2.05) is 30.3 Å². The molecule has 0 aliphatic heterocycles. The Bertz CT molecular complexity index is 1010. The van der Waals surface area contributed by atoms with Gasteiger partial charge in [0.05, 0.1) is 16.9 Å². The van der Waals surface area contributed by atoms with Crippen LogP contribution in [0.1, 0.15) is 5.56 Å². The van der Waals surface area contributed by atoms with Crippen LogP contribution in [0.2, 0.25) is 5.02 Å². The highest BCUT2D eigenvalue weighted by Crippen LogP contribution is 2.21. The first kappa shape index (κ1) is 19.1. The van der Waals surface area contributed by atoms with Gasteiger partial charge >= 0.3 is 11.8 Å². The molecule has 2 amide bonds. The van der Waals surface area contributed by atoms with E-state index in [-0.39, 0.29) is 0 Å². The number of amides is 2. The molecule has 0 heterocycles. The number of para-hydroxylation sites is 2. The monoisotopic (exact) mass is 393 g/mol. The molecule has 0 fully saturated rings. The van der Waals surface area contributed by atoms with E-state index < -0.39 is 11.8 Å². The highest BCUT2D eigenvalue weighted by Gasteiger charge is 2.14. The lowest BCUT2D eigenvalue weighted by Crippen LogP contribution is -2.32. The van der Waals surface area contributed by atoms with Crippen molar-refractivity contribution in [3.05, 3.63) is 89.4 Å². The number of ether oxygens (including phenoxy) is 1. The maximum Gasteiger partial charge on any atom is 0.329 e. The van der Waals surface area contributed by atoms with Crippen LogP contribution in [0.4, 0.5) is 5.69 Å². The molecular weight excluding hydrogens is 378 g/mol. The van der Waals surface area contributed by atoms with Gasteiger partial charge < -0.3 is 10.1 Å². The predicted molar refractivity (Wildman–Crippen MR) is 109 cm³/mol. The van der Waals surface area contributed by atoms with Crippen LogP contribution in [-0.4, -0.2) is 18.0 Å². The average molecular weight is 394 g/mol. The molecule has 3 aromatic rings. The van der Waals surface area contributed by atoms with Crippen molar-refractivity contribution in [3.8, 4) is 11.5 Å². The third-order valence-corrected chi connectivity index (χ3v) is 3.87. The number of benzene rings is 3. The van der Waals surface area contributed by atoms with E-state index in [2.05, 4.69) is 15.8 Å². The van der Waals surface area contributed by atoms with Gasteiger partial charge in [0.1, 0.15) is 11.5 Å². The summed E-state index contributed by atoms with van der Waals surface area (Å²) in [6, 6.07) is 23.1. The normalized spacial score (nSPS) is 10.5. The Morgan fingerprint density at radius 1 is 0.857 bits per heavy atom. The summed E-state index contributed by atoms with van der Waals surface area (Å²) >= 11 is 5.94. The summed E-state index contributed by atoms with van der Waals surface area (Å²) in [6.07, 6.45) is 1.42. The van der Waals surface area contributed by atoms with Gasteiger partial charge in [-0.2, -0.15) is 5.10 Å². The van der Waals surface area contributed by atoms with E-state index in [0.717, 1.165) is 0 Å². The standard InChI is InChI=1S/C21H16ClN3O3/c22-18-11-4-5-12-19(18)24-20(26)21(27)25-23-14-15-7-6-10-17(13-15)28-16-8-2-1-3-9-16/h1-14H,(H,24,26)(H,25,27)/b23-14+. The van der Waals surface area contributed by atoms with E-state index in [4.69, 9.17) is 16.3 Å². The smallest absolute Gasteiger partial charge is 0.329 e. The van der Waals surface area contributed by atoms with Crippen molar-refractivity contribution in [2.45, 2.75) is 0 Å². The number of hydrogen-bond acceptors (Lipinski definition) is 4. The molecule has 0 spiro atoms. The highest BCUT2D eigenvalue weighted by molar-refractivity contribution is 6.41. The Kier molecular flexibility index (Phi) is 6.38. The maximum atomic E-state index is 11.9. The van der Waals surface area contributed by atoms with Crippen molar-refractivity contribution in [3.63, 3.8) is 0 Å². The number of rotatable bonds is 5. The van der Waals surface area contributed by atoms with Crippen molar-refractivity contribution in [2.24, 2.45) is 5.10 Å². The Balaban J connectivity index is 1.56. The van der Waals surface area contributed by atoms with Crippen LogP contribution in [0.3, 0.4) is 0 Å². The van der Waals surface area contributed by atoms with Gasteiger partial charge in [0.25, 0.3) is 0 Å². The molecule has 0 aliphatic carbocycles. The van der Waals surface area contributed by atoms with E-state index in [9.17, 15) is 9.59 Å². The molecule has 2 N–H and O–H groups in total. The summed E-state index contributed by atoms with van der Waals surface area (Å²) in [5.74, 6) is -0.446. The first-order chi connectivity index (χ1) is 13.6. The van der Waals surface area contributed by atoms with Crippen LogP contribution < -0.4 is 15.5 Å². The van der Waals surface area contributed by atoms with Gasteiger partial charge in [-0.1, -0.05) is 54.1 Å². The van der Waals surface area contributed by atoms with E-state index >= 15 is 0 Å². The van der Waals surface area contributed by atoms with Crippen LogP contribution in [0.15, 0.2) is 84.0 Å². The summed E-state index contributed by atoms with van der Waals surface area (Å²) in [5, 5.41) is 6.55. The Labute approximate surface area is 166 Å². The second-order valence-corrected chi connectivity index (χ2v) is 6.03. The van der Waals surface area contributed by atoms with Crippen molar-refractivity contribution in [2.75, 3.05) is 5.32 Å². The molecule has 0 radical (unpaired) electrons. The van der Waals surface area contributed by atoms with Crippen LogP contribution in [0, 0.1) is 0 Å². The summed E-state index contributed by atoms with van der Waals surface area (Å²) in [4.78, 5) is 23.7. The van der Waals surface area contributed by atoms with Gasteiger partial charge in [-0.05, 0) is 42.0 Å². The summed E-state index contributed by atoms with van der Waals surface area (Å²) in [7, 11) is 0. The zero-order valence-electron chi connectivity index (χ0n) is 14.6. The van der Waals surface area contributed by atoms with Gasteiger partial charge in [-0.15, -0.1) is 0 Å². The molecule has 28 heavy (non-hydrogen) atoms. The van der Waals surface area contributed by atoms with Gasteiger partial charge in [-0.25, -0.2) is 5.43 Å². The van der Waals surface area contributed by atoms with Gasteiger partial charge in [0.15, 0.2) is 0 Å². The minimum Gasteiger partial charge on any atom is -0.457 e. The molecule has 3 aromatic carbocycles. The summed E-state index contributed by atoms with van der Waals surface area (Å²) < 4.78 is 5.74. The first-order valence-electron chi connectivity index (χ1n) is 8.34. The highest BCUT2D eigenvalue weighted by atomic mass is 35.5. The molecule has 0 aliphatic rings. The topological polar surface area (TPSA) is 79.8 Å². The molecule has 0 unspecified atom stereocenters. The number of carbonyl (C=O) groups excluding carboxylic acids is 2. The van der Waals surface area contributed by atoms with Crippen LogP contribution in [-0.2, 0) is 9.59 Å².